The predicted molar refractivity (Wildman–Crippen MR) is 41.3 cm³/mol. The number of likely N-dealkylation sites (N-methyl/N-ethyl adjacent to an activating group) is 1. The third-order valence-corrected chi connectivity index (χ3v) is 2.59. The van der Waals surface area contributed by atoms with E-state index in [0.29, 0.717) is 19.0 Å². The highest BCUT2D eigenvalue weighted by Gasteiger charge is 2.34. The SMILES string of the molecule is CCN1CC[C@H]2OCO[C@@H]2C1. The quantitative estimate of drug-likeness (QED) is 0.551. The zero-order valence-electron chi connectivity index (χ0n) is 6.95. The molecular weight excluding hydrogens is 142 g/mol. The summed E-state index contributed by atoms with van der Waals surface area (Å²) in [5.41, 5.74) is 0. The summed E-state index contributed by atoms with van der Waals surface area (Å²) < 4.78 is 10.8. The van der Waals surface area contributed by atoms with Crippen molar-refractivity contribution >= 4 is 0 Å². The van der Waals surface area contributed by atoms with Crippen LogP contribution in [0.5, 0.6) is 0 Å². The van der Waals surface area contributed by atoms with Crippen molar-refractivity contribution in [1.29, 1.82) is 0 Å². The molecule has 0 amide bonds. The van der Waals surface area contributed by atoms with Crippen LogP contribution in [0, 0.1) is 0 Å². The standard InChI is InChI=1S/C8H15NO2/c1-2-9-4-3-7-8(5-9)11-6-10-7/h7-8H,2-6H2,1H3/t7-,8-/m1/s1. The minimum Gasteiger partial charge on any atom is -0.349 e. The van der Waals surface area contributed by atoms with Gasteiger partial charge in [0.15, 0.2) is 0 Å². The molecule has 0 aromatic carbocycles. The second-order valence-corrected chi connectivity index (χ2v) is 3.21. The molecule has 0 aromatic heterocycles. The predicted octanol–water partition coefficient (Wildman–Crippen LogP) is 0.453. The van der Waals surface area contributed by atoms with Crippen LogP contribution < -0.4 is 0 Å². The first-order valence-corrected chi connectivity index (χ1v) is 4.35. The third-order valence-electron chi connectivity index (χ3n) is 2.59. The first-order chi connectivity index (χ1) is 5.40. The second-order valence-electron chi connectivity index (χ2n) is 3.21. The lowest BCUT2D eigenvalue weighted by Crippen LogP contribution is -2.44. The van der Waals surface area contributed by atoms with Gasteiger partial charge in [0.2, 0.25) is 0 Å². The fraction of sp³-hybridized carbons (Fsp3) is 1.00. The van der Waals surface area contributed by atoms with Crippen molar-refractivity contribution in [2.45, 2.75) is 25.6 Å². The van der Waals surface area contributed by atoms with Gasteiger partial charge in [0.1, 0.15) is 6.79 Å². The summed E-state index contributed by atoms with van der Waals surface area (Å²) in [6.07, 6.45) is 1.87. The van der Waals surface area contributed by atoms with Crippen LogP contribution in [0.3, 0.4) is 0 Å². The van der Waals surface area contributed by atoms with Crippen molar-refractivity contribution in [2.75, 3.05) is 26.4 Å². The number of hydrogen-bond acceptors (Lipinski definition) is 3. The van der Waals surface area contributed by atoms with Crippen LogP contribution >= 0.6 is 0 Å². The van der Waals surface area contributed by atoms with E-state index in [1.807, 2.05) is 0 Å². The number of hydrogen-bond donors (Lipinski definition) is 0. The lowest BCUT2D eigenvalue weighted by molar-refractivity contribution is 0.0381. The number of nitrogens with zero attached hydrogens (tertiary/aromatic N) is 1. The molecule has 2 heterocycles. The van der Waals surface area contributed by atoms with Crippen LogP contribution in [0.4, 0.5) is 0 Å². The topological polar surface area (TPSA) is 21.7 Å². The Labute approximate surface area is 67.3 Å². The van der Waals surface area contributed by atoms with Crippen molar-refractivity contribution in [3.8, 4) is 0 Å². The molecule has 11 heavy (non-hydrogen) atoms. The fourth-order valence-corrected chi connectivity index (χ4v) is 1.81. The Kier molecular flexibility index (Phi) is 2.11. The number of likely N-dealkylation sites (tertiary alicyclic amines) is 1. The molecule has 2 saturated heterocycles. The van der Waals surface area contributed by atoms with Crippen molar-refractivity contribution < 1.29 is 9.47 Å². The smallest absolute Gasteiger partial charge is 0.147 e. The van der Waals surface area contributed by atoms with Gasteiger partial charge in [0.25, 0.3) is 0 Å². The molecule has 0 aliphatic carbocycles. The molecular formula is C8H15NO2. The van der Waals surface area contributed by atoms with Crippen LogP contribution in [-0.2, 0) is 9.47 Å². The maximum atomic E-state index is 5.43. The molecule has 0 unspecified atom stereocenters. The average Bonchev–Trinajstić information content (AvgIpc) is 2.50. The van der Waals surface area contributed by atoms with E-state index in [1.54, 1.807) is 0 Å². The summed E-state index contributed by atoms with van der Waals surface area (Å²) in [6, 6.07) is 0. The molecule has 2 rings (SSSR count). The number of piperidine rings is 1. The minimum absolute atomic E-state index is 0.351. The number of fused-ring (bicyclic) bond motifs is 1. The van der Waals surface area contributed by atoms with E-state index in [1.165, 1.54) is 6.54 Å². The Bertz CT molecular complexity index is 140. The highest BCUT2D eigenvalue weighted by Crippen LogP contribution is 2.21. The minimum atomic E-state index is 0.351. The Morgan fingerprint density at radius 1 is 1.36 bits per heavy atom. The molecule has 0 bridgehead atoms. The van der Waals surface area contributed by atoms with E-state index >= 15 is 0 Å². The van der Waals surface area contributed by atoms with E-state index in [2.05, 4.69) is 11.8 Å². The number of rotatable bonds is 1. The van der Waals surface area contributed by atoms with Gasteiger partial charge in [-0.05, 0) is 13.0 Å². The van der Waals surface area contributed by atoms with E-state index in [0.717, 1.165) is 19.5 Å². The van der Waals surface area contributed by atoms with Crippen molar-refractivity contribution in [2.24, 2.45) is 0 Å². The Balaban J connectivity index is 1.91. The zero-order chi connectivity index (χ0) is 7.68. The molecule has 0 aromatic rings. The summed E-state index contributed by atoms with van der Waals surface area (Å²) in [4.78, 5) is 2.41. The highest BCUT2D eigenvalue weighted by molar-refractivity contribution is 4.83. The zero-order valence-corrected chi connectivity index (χ0v) is 6.95. The van der Waals surface area contributed by atoms with Gasteiger partial charge in [-0.25, -0.2) is 0 Å². The molecule has 2 atom stereocenters. The van der Waals surface area contributed by atoms with E-state index in [9.17, 15) is 0 Å². The third kappa shape index (κ3) is 1.41. The van der Waals surface area contributed by atoms with Gasteiger partial charge in [-0.15, -0.1) is 0 Å². The van der Waals surface area contributed by atoms with Crippen molar-refractivity contribution in [3.63, 3.8) is 0 Å². The maximum Gasteiger partial charge on any atom is 0.147 e. The van der Waals surface area contributed by atoms with Gasteiger partial charge >= 0.3 is 0 Å². The van der Waals surface area contributed by atoms with Crippen molar-refractivity contribution in [1.82, 2.24) is 4.90 Å². The molecule has 2 aliphatic heterocycles. The molecule has 0 saturated carbocycles. The molecule has 3 nitrogen and oxygen atoms in total. The maximum absolute atomic E-state index is 5.43. The fourth-order valence-electron chi connectivity index (χ4n) is 1.81. The van der Waals surface area contributed by atoms with Crippen LogP contribution in [0.15, 0.2) is 0 Å². The van der Waals surface area contributed by atoms with E-state index in [4.69, 9.17) is 9.47 Å². The number of ether oxygens (including phenoxy) is 2. The average molecular weight is 157 g/mol. The van der Waals surface area contributed by atoms with Crippen LogP contribution in [0.25, 0.3) is 0 Å². The van der Waals surface area contributed by atoms with E-state index < -0.39 is 0 Å². The summed E-state index contributed by atoms with van der Waals surface area (Å²) in [7, 11) is 0. The molecule has 2 aliphatic rings. The lowest BCUT2D eigenvalue weighted by Gasteiger charge is -2.31. The largest absolute Gasteiger partial charge is 0.349 e. The van der Waals surface area contributed by atoms with Gasteiger partial charge in [0, 0.05) is 13.1 Å². The van der Waals surface area contributed by atoms with Gasteiger partial charge in [-0.2, -0.15) is 0 Å². The molecule has 0 spiro atoms. The highest BCUT2D eigenvalue weighted by atomic mass is 16.7. The first-order valence-electron chi connectivity index (χ1n) is 4.35. The van der Waals surface area contributed by atoms with Gasteiger partial charge in [-0.1, -0.05) is 6.92 Å². The lowest BCUT2D eigenvalue weighted by atomic mass is 10.1. The molecule has 2 fully saturated rings. The Morgan fingerprint density at radius 3 is 3.00 bits per heavy atom. The summed E-state index contributed by atoms with van der Waals surface area (Å²) >= 11 is 0. The monoisotopic (exact) mass is 157 g/mol. The van der Waals surface area contributed by atoms with Crippen LogP contribution in [0.2, 0.25) is 0 Å². The van der Waals surface area contributed by atoms with Gasteiger partial charge in [-0.3, -0.25) is 0 Å². The van der Waals surface area contributed by atoms with Crippen molar-refractivity contribution in [3.05, 3.63) is 0 Å². The first kappa shape index (κ1) is 7.53. The molecule has 64 valence electrons. The summed E-state index contributed by atoms with van der Waals surface area (Å²) in [5, 5.41) is 0. The molecule has 0 radical (unpaired) electrons. The molecule has 0 N–H and O–H groups in total. The van der Waals surface area contributed by atoms with Gasteiger partial charge in [0.05, 0.1) is 12.2 Å². The van der Waals surface area contributed by atoms with E-state index in [-0.39, 0.29) is 0 Å². The summed E-state index contributed by atoms with van der Waals surface area (Å²) in [6.45, 7) is 6.05. The van der Waals surface area contributed by atoms with Gasteiger partial charge < -0.3 is 14.4 Å². The Morgan fingerprint density at radius 2 is 2.18 bits per heavy atom. The molecule has 3 heteroatoms. The second kappa shape index (κ2) is 3.09. The van der Waals surface area contributed by atoms with Crippen LogP contribution in [0.1, 0.15) is 13.3 Å². The Hall–Kier alpha value is -0.120. The normalized spacial score (nSPS) is 39.0. The summed E-state index contributed by atoms with van der Waals surface area (Å²) in [5.74, 6) is 0. The van der Waals surface area contributed by atoms with Crippen LogP contribution in [-0.4, -0.2) is 43.5 Å².